The number of nitrogens with zero attached hydrogens (tertiary/aromatic N) is 1. The summed E-state index contributed by atoms with van der Waals surface area (Å²) in [4.78, 5) is 4.92. The van der Waals surface area contributed by atoms with Gasteiger partial charge < -0.3 is 10.1 Å². The van der Waals surface area contributed by atoms with E-state index in [4.69, 9.17) is 16.3 Å². The number of rotatable bonds is 5. The molecule has 0 atom stereocenters. The Kier molecular flexibility index (Phi) is 4.52. The number of benzene rings is 1. The van der Waals surface area contributed by atoms with Crippen LogP contribution in [0.1, 0.15) is 0 Å². The summed E-state index contributed by atoms with van der Waals surface area (Å²) in [7, 11) is 1.64. The topological polar surface area (TPSA) is 34.1 Å². The lowest BCUT2D eigenvalue weighted by molar-refractivity contribution is 0.211. The van der Waals surface area contributed by atoms with Crippen molar-refractivity contribution in [3.63, 3.8) is 0 Å². The minimum atomic E-state index is -0.411. The Balaban J connectivity index is 2.16. The third kappa shape index (κ3) is 2.98. The van der Waals surface area contributed by atoms with Gasteiger partial charge in [-0.1, -0.05) is 35.1 Å². The monoisotopic (exact) mass is 286 g/mol. The van der Waals surface area contributed by atoms with Crippen molar-refractivity contribution in [3.8, 4) is 10.4 Å². The van der Waals surface area contributed by atoms with E-state index in [-0.39, 0.29) is 5.02 Å². The van der Waals surface area contributed by atoms with Gasteiger partial charge >= 0.3 is 0 Å². The molecule has 1 aromatic carbocycles. The van der Waals surface area contributed by atoms with Gasteiger partial charge in [-0.15, -0.1) is 0 Å². The van der Waals surface area contributed by atoms with E-state index in [1.165, 1.54) is 17.4 Å². The van der Waals surface area contributed by atoms with E-state index >= 15 is 0 Å². The van der Waals surface area contributed by atoms with Gasteiger partial charge in [-0.05, 0) is 6.07 Å². The minimum absolute atomic E-state index is 0.120. The van der Waals surface area contributed by atoms with Gasteiger partial charge in [0.1, 0.15) is 5.82 Å². The van der Waals surface area contributed by atoms with Crippen LogP contribution in [0.2, 0.25) is 5.02 Å². The van der Waals surface area contributed by atoms with E-state index in [1.807, 2.05) is 0 Å². The van der Waals surface area contributed by atoms with Gasteiger partial charge in [0, 0.05) is 25.4 Å². The first kappa shape index (κ1) is 13.3. The van der Waals surface area contributed by atoms with Crippen molar-refractivity contribution in [1.82, 2.24) is 4.98 Å². The highest BCUT2D eigenvalue weighted by atomic mass is 35.5. The fourth-order valence-electron chi connectivity index (χ4n) is 1.43. The second kappa shape index (κ2) is 6.13. The highest BCUT2D eigenvalue weighted by molar-refractivity contribution is 7.18. The van der Waals surface area contributed by atoms with Crippen LogP contribution in [0.15, 0.2) is 24.4 Å². The molecule has 0 aliphatic heterocycles. The number of ether oxygens (including phenoxy) is 1. The van der Waals surface area contributed by atoms with Gasteiger partial charge in [-0.2, -0.15) is 0 Å². The summed E-state index contributed by atoms with van der Waals surface area (Å²) in [5.74, 6) is -0.411. The van der Waals surface area contributed by atoms with Gasteiger partial charge in [0.2, 0.25) is 0 Å². The summed E-state index contributed by atoms with van der Waals surface area (Å²) >= 11 is 7.13. The molecule has 3 nitrogen and oxygen atoms in total. The molecule has 96 valence electrons. The Hall–Kier alpha value is -1.17. The van der Waals surface area contributed by atoms with Crippen LogP contribution in [0.25, 0.3) is 10.4 Å². The molecule has 2 rings (SSSR count). The van der Waals surface area contributed by atoms with Gasteiger partial charge in [0.05, 0.1) is 16.5 Å². The fourth-order valence-corrected chi connectivity index (χ4v) is 2.47. The molecular weight excluding hydrogens is 275 g/mol. The van der Waals surface area contributed by atoms with Gasteiger partial charge in [0.25, 0.3) is 0 Å². The third-order valence-electron chi connectivity index (χ3n) is 2.31. The van der Waals surface area contributed by atoms with Crippen LogP contribution in [0, 0.1) is 5.82 Å². The van der Waals surface area contributed by atoms with Crippen molar-refractivity contribution in [2.75, 3.05) is 25.6 Å². The molecule has 0 radical (unpaired) electrons. The zero-order chi connectivity index (χ0) is 13.0. The molecule has 0 saturated carbocycles. The van der Waals surface area contributed by atoms with Crippen molar-refractivity contribution in [2.45, 2.75) is 0 Å². The normalized spacial score (nSPS) is 10.6. The van der Waals surface area contributed by atoms with Crippen LogP contribution in [0.5, 0.6) is 0 Å². The van der Waals surface area contributed by atoms with Crippen LogP contribution in [-0.2, 0) is 4.74 Å². The van der Waals surface area contributed by atoms with Crippen LogP contribution in [0.4, 0.5) is 9.52 Å². The first-order valence-electron chi connectivity index (χ1n) is 5.35. The predicted octanol–water partition coefficient (Wildman–Crippen LogP) is 3.66. The SMILES string of the molecule is COCCNc1ncc(-c2cccc(Cl)c2F)s1. The van der Waals surface area contributed by atoms with Crippen molar-refractivity contribution in [2.24, 2.45) is 0 Å². The molecule has 0 saturated heterocycles. The predicted molar refractivity (Wildman–Crippen MR) is 72.9 cm³/mol. The van der Waals surface area contributed by atoms with E-state index in [9.17, 15) is 4.39 Å². The molecule has 18 heavy (non-hydrogen) atoms. The van der Waals surface area contributed by atoms with Crippen LogP contribution < -0.4 is 5.32 Å². The van der Waals surface area contributed by atoms with Gasteiger partial charge in [-0.3, -0.25) is 0 Å². The molecule has 1 N–H and O–H groups in total. The summed E-state index contributed by atoms with van der Waals surface area (Å²) in [6.07, 6.45) is 1.63. The number of hydrogen-bond donors (Lipinski definition) is 1. The quantitative estimate of drug-likeness (QED) is 0.852. The highest BCUT2D eigenvalue weighted by Gasteiger charge is 2.11. The molecule has 0 aliphatic rings. The van der Waals surface area contributed by atoms with Crippen LogP contribution in [0.3, 0.4) is 0 Å². The summed E-state index contributed by atoms with van der Waals surface area (Å²) in [6, 6.07) is 4.94. The standard InChI is InChI=1S/C12H12ClFN2OS/c1-17-6-5-15-12-16-7-10(18-12)8-3-2-4-9(13)11(8)14/h2-4,7H,5-6H2,1H3,(H,15,16). The zero-order valence-corrected chi connectivity index (χ0v) is 11.3. The number of methoxy groups -OCH3 is 1. The number of nitrogens with one attached hydrogen (secondary N) is 1. The third-order valence-corrected chi connectivity index (χ3v) is 3.59. The molecule has 1 heterocycles. The maximum atomic E-state index is 13.8. The lowest BCUT2D eigenvalue weighted by Gasteiger charge is -2.01. The van der Waals surface area contributed by atoms with Crippen molar-refractivity contribution in [1.29, 1.82) is 0 Å². The Labute approximate surface area is 114 Å². The highest BCUT2D eigenvalue weighted by Crippen LogP contribution is 2.33. The smallest absolute Gasteiger partial charge is 0.183 e. The Morgan fingerprint density at radius 1 is 1.50 bits per heavy atom. The number of thiazole rings is 1. The number of aromatic nitrogens is 1. The van der Waals surface area contributed by atoms with Crippen molar-refractivity contribution >= 4 is 28.1 Å². The molecule has 0 fully saturated rings. The fraction of sp³-hybridized carbons (Fsp3) is 0.250. The number of halogens is 2. The second-order valence-electron chi connectivity index (χ2n) is 3.55. The molecule has 1 aromatic heterocycles. The van der Waals surface area contributed by atoms with Crippen LogP contribution in [-0.4, -0.2) is 25.2 Å². The second-order valence-corrected chi connectivity index (χ2v) is 4.99. The molecule has 6 heteroatoms. The first-order valence-corrected chi connectivity index (χ1v) is 6.55. The maximum Gasteiger partial charge on any atom is 0.183 e. The molecule has 0 amide bonds. The maximum absolute atomic E-state index is 13.8. The lowest BCUT2D eigenvalue weighted by Crippen LogP contribution is -2.06. The first-order chi connectivity index (χ1) is 8.72. The number of hydrogen-bond acceptors (Lipinski definition) is 4. The molecule has 0 unspecified atom stereocenters. The van der Waals surface area contributed by atoms with Gasteiger partial charge in [-0.25, -0.2) is 9.37 Å². The molecule has 0 spiro atoms. The minimum Gasteiger partial charge on any atom is -0.383 e. The average Bonchev–Trinajstić information content (AvgIpc) is 2.82. The number of anilines is 1. The molecule has 0 bridgehead atoms. The summed E-state index contributed by atoms with van der Waals surface area (Å²) in [6.45, 7) is 1.27. The van der Waals surface area contributed by atoms with E-state index in [0.717, 1.165) is 10.0 Å². The van der Waals surface area contributed by atoms with E-state index in [1.54, 1.807) is 25.4 Å². The average molecular weight is 287 g/mol. The van der Waals surface area contributed by atoms with Crippen LogP contribution >= 0.6 is 22.9 Å². The lowest BCUT2D eigenvalue weighted by atomic mass is 10.2. The molecule has 0 aliphatic carbocycles. The van der Waals surface area contributed by atoms with Crippen molar-refractivity contribution < 1.29 is 9.13 Å². The van der Waals surface area contributed by atoms with E-state index in [2.05, 4.69) is 10.3 Å². The molecule has 2 aromatic rings. The van der Waals surface area contributed by atoms with E-state index in [0.29, 0.717) is 18.7 Å². The van der Waals surface area contributed by atoms with E-state index < -0.39 is 5.82 Å². The summed E-state index contributed by atoms with van der Waals surface area (Å²) in [5, 5.41) is 3.95. The largest absolute Gasteiger partial charge is 0.383 e. The summed E-state index contributed by atoms with van der Waals surface area (Å²) in [5.41, 5.74) is 0.472. The zero-order valence-electron chi connectivity index (χ0n) is 9.74. The Morgan fingerprint density at radius 3 is 3.11 bits per heavy atom. The van der Waals surface area contributed by atoms with Crippen molar-refractivity contribution in [3.05, 3.63) is 35.2 Å². The Morgan fingerprint density at radius 2 is 2.33 bits per heavy atom. The van der Waals surface area contributed by atoms with Gasteiger partial charge in [0.15, 0.2) is 5.13 Å². The summed E-state index contributed by atoms with van der Waals surface area (Å²) < 4.78 is 18.7. The Bertz CT molecular complexity index is 533. The molecular formula is C12H12ClFN2OS.